The van der Waals surface area contributed by atoms with E-state index in [4.69, 9.17) is 6.42 Å². The largest absolute Gasteiger partial charge is 0.379 e. The number of aromatic nitrogens is 1. The Morgan fingerprint density at radius 1 is 1.67 bits per heavy atom. The molecule has 4 heteroatoms. The molecule has 0 aromatic carbocycles. The van der Waals surface area contributed by atoms with E-state index in [0.29, 0.717) is 5.69 Å². The van der Waals surface area contributed by atoms with E-state index in [1.165, 1.54) is 6.07 Å². The maximum Gasteiger partial charge on any atom is 0.379 e. The SMILES string of the molecule is C#Cc1ccc(C)nc1[N+](=O)[O-]. The standard InChI is InChI=1S/C8H6N2O2/c1-3-7-5-4-6(2)9-8(7)10(11)12/h1,4-5H,2H3. The maximum atomic E-state index is 10.4. The van der Waals surface area contributed by atoms with Gasteiger partial charge in [0.25, 0.3) is 0 Å². The average Bonchev–Trinajstić information content (AvgIpc) is 2.04. The van der Waals surface area contributed by atoms with E-state index in [2.05, 4.69) is 10.9 Å². The van der Waals surface area contributed by atoms with Crippen molar-refractivity contribution in [3.63, 3.8) is 0 Å². The molecule has 0 fully saturated rings. The molecule has 0 aliphatic rings. The number of nitro groups is 1. The highest BCUT2D eigenvalue weighted by atomic mass is 16.6. The Morgan fingerprint density at radius 3 is 2.83 bits per heavy atom. The van der Waals surface area contributed by atoms with Crippen LogP contribution in [-0.4, -0.2) is 9.91 Å². The molecule has 1 aromatic heterocycles. The van der Waals surface area contributed by atoms with Gasteiger partial charge in [-0.05, 0) is 22.0 Å². The lowest BCUT2D eigenvalue weighted by atomic mass is 10.2. The van der Waals surface area contributed by atoms with Gasteiger partial charge in [0.1, 0.15) is 11.3 Å². The fourth-order valence-electron chi connectivity index (χ4n) is 0.795. The molecule has 0 aliphatic heterocycles. The third-order valence-electron chi connectivity index (χ3n) is 1.34. The quantitative estimate of drug-likeness (QED) is 0.355. The summed E-state index contributed by atoms with van der Waals surface area (Å²) in [7, 11) is 0. The second-order valence-electron chi connectivity index (χ2n) is 2.23. The van der Waals surface area contributed by atoms with Crippen molar-refractivity contribution in [3.8, 4) is 12.3 Å². The summed E-state index contributed by atoms with van der Waals surface area (Å²) in [4.78, 5) is 13.5. The lowest BCUT2D eigenvalue weighted by Gasteiger charge is -1.94. The third-order valence-corrected chi connectivity index (χ3v) is 1.34. The molecule has 0 saturated heterocycles. The molecule has 60 valence electrons. The lowest BCUT2D eigenvalue weighted by Crippen LogP contribution is -1.96. The number of aryl methyl sites for hydroxylation is 1. The van der Waals surface area contributed by atoms with E-state index in [0.717, 1.165) is 0 Å². The van der Waals surface area contributed by atoms with Crippen molar-refractivity contribution in [1.29, 1.82) is 0 Å². The van der Waals surface area contributed by atoms with Crippen molar-refractivity contribution in [2.75, 3.05) is 0 Å². The summed E-state index contributed by atoms with van der Waals surface area (Å²) < 4.78 is 0. The number of hydrogen-bond acceptors (Lipinski definition) is 3. The summed E-state index contributed by atoms with van der Waals surface area (Å²) in [5.41, 5.74) is 0.798. The first-order valence-corrected chi connectivity index (χ1v) is 3.24. The van der Waals surface area contributed by atoms with Gasteiger partial charge in [-0.25, -0.2) is 0 Å². The monoisotopic (exact) mass is 162 g/mol. The van der Waals surface area contributed by atoms with Crippen LogP contribution >= 0.6 is 0 Å². The fourth-order valence-corrected chi connectivity index (χ4v) is 0.795. The number of hydrogen-bond donors (Lipinski definition) is 0. The molecule has 1 rings (SSSR count). The number of pyridine rings is 1. The van der Waals surface area contributed by atoms with Gasteiger partial charge in [0, 0.05) is 6.92 Å². The summed E-state index contributed by atoms with van der Waals surface area (Å²) in [6, 6.07) is 3.16. The van der Waals surface area contributed by atoms with Crippen LogP contribution < -0.4 is 0 Å². The van der Waals surface area contributed by atoms with Gasteiger partial charge in [-0.3, -0.25) is 0 Å². The fraction of sp³-hybridized carbons (Fsp3) is 0.125. The summed E-state index contributed by atoms with van der Waals surface area (Å²) in [6.07, 6.45) is 5.04. The van der Waals surface area contributed by atoms with E-state index in [9.17, 15) is 10.1 Å². The van der Waals surface area contributed by atoms with E-state index in [1.807, 2.05) is 0 Å². The van der Waals surface area contributed by atoms with Gasteiger partial charge in [0.15, 0.2) is 0 Å². The summed E-state index contributed by atoms with van der Waals surface area (Å²) in [5.74, 6) is 1.95. The van der Waals surface area contributed by atoms with Crippen molar-refractivity contribution in [1.82, 2.24) is 4.98 Å². The first kappa shape index (κ1) is 8.21. The van der Waals surface area contributed by atoms with Gasteiger partial charge in [-0.1, -0.05) is 5.92 Å². The highest BCUT2D eigenvalue weighted by molar-refractivity contribution is 5.45. The van der Waals surface area contributed by atoms with E-state index >= 15 is 0 Å². The Morgan fingerprint density at radius 2 is 2.33 bits per heavy atom. The molecular weight excluding hydrogens is 156 g/mol. The van der Waals surface area contributed by atoms with Crippen LogP contribution in [0.1, 0.15) is 11.3 Å². The van der Waals surface area contributed by atoms with Crippen LogP contribution in [0.2, 0.25) is 0 Å². The average molecular weight is 162 g/mol. The van der Waals surface area contributed by atoms with Crippen LogP contribution in [0.3, 0.4) is 0 Å². The van der Waals surface area contributed by atoms with Crippen LogP contribution in [0.4, 0.5) is 5.82 Å². The minimum absolute atomic E-state index is 0.214. The summed E-state index contributed by atoms with van der Waals surface area (Å²) in [6.45, 7) is 1.67. The number of nitrogens with zero attached hydrogens (tertiary/aromatic N) is 2. The maximum absolute atomic E-state index is 10.4. The highest BCUT2D eigenvalue weighted by Gasteiger charge is 2.13. The van der Waals surface area contributed by atoms with E-state index in [-0.39, 0.29) is 11.4 Å². The molecular formula is C8H6N2O2. The Kier molecular flexibility index (Phi) is 2.06. The molecule has 4 nitrogen and oxygen atoms in total. The van der Waals surface area contributed by atoms with Crippen molar-refractivity contribution in [2.45, 2.75) is 6.92 Å². The molecule has 1 aromatic rings. The Balaban J connectivity index is 3.34. The van der Waals surface area contributed by atoms with Crippen LogP contribution in [0.15, 0.2) is 12.1 Å². The van der Waals surface area contributed by atoms with Gasteiger partial charge < -0.3 is 10.1 Å². The predicted octanol–water partition coefficient (Wildman–Crippen LogP) is 1.28. The van der Waals surface area contributed by atoms with E-state index in [1.54, 1.807) is 13.0 Å². The Bertz CT molecular complexity index is 366. The summed E-state index contributed by atoms with van der Waals surface area (Å²) in [5, 5.41) is 10.4. The molecule has 0 atom stereocenters. The molecule has 1 heterocycles. The smallest absolute Gasteiger partial charge is 0.358 e. The molecule has 0 aliphatic carbocycles. The number of rotatable bonds is 1. The molecule has 12 heavy (non-hydrogen) atoms. The normalized spacial score (nSPS) is 9.00. The van der Waals surface area contributed by atoms with Crippen molar-refractivity contribution in [3.05, 3.63) is 33.5 Å². The Labute approximate surface area is 69.4 Å². The van der Waals surface area contributed by atoms with E-state index < -0.39 is 4.92 Å². The molecule has 0 bridgehead atoms. The zero-order valence-electron chi connectivity index (χ0n) is 6.44. The molecule has 0 spiro atoms. The zero-order chi connectivity index (χ0) is 9.14. The zero-order valence-corrected chi connectivity index (χ0v) is 6.44. The van der Waals surface area contributed by atoms with Crippen molar-refractivity contribution < 1.29 is 4.92 Å². The molecule has 0 unspecified atom stereocenters. The van der Waals surface area contributed by atoms with Crippen molar-refractivity contribution >= 4 is 5.82 Å². The molecule has 0 saturated carbocycles. The highest BCUT2D eigenvalue weighted by Crippen LogP contribution is 2.13. The lowest BCUT2D eigenvalue weighted by molar-refractivity contribution is -0.389. The first-order valence-electron chi connectivity index (χ1n) is 3.24. The predicted molar refractivity (Wildman–Crippen MR) is 43.6 cm³/mol. The van der Waals surface area contributed by atoms with Crippen LogP contribution in [-0.2, 0) is 0 Å². The minimum atomic E-state index is -0.581. The van der Waals surface area contributed by atoms with Gasteiger partial charge in [-0.2, -0.15) is 0 Å². The van der Waals surface area contributed by atoms with Crippen LogP contribution in [0.5, 0.6) is 0 Å². The number of terminal acetylenes is 1. The topological polar surface area (TPSA) is 56.0 Å². The third kappa shape index (κ3) is 1.40. The second-order valence-corrected chi connectivity index (χ2v) is 2.23. The minimum Gasteiger partial charge on any atom is -0.358 e. The molecule has 0 amide bonds. The second kappa shape index (κ2) is 3.01. The Hall–Kier alpha value is -1.89. The van der Waals surface area contributed by atoms with Crippen molar-refractivity contribution in [2.24, 2.45) is 0 Å². The summed E-state index contributed by atoms with van der Waals surface area (Å²) >= 11 is 0. The van der Waals surface area contributed by atoms with Gasteiger partial charge in [-0.15, -0.1) is 6.42 Å². The van der Waals surface area contributed by atoms with Crippen LogP contribution in [0.25, 0.3) is 0 Å². The van der Waals surface area contributed by atoms with Crippen LogP contribution in [0, 0.1) is 29.4 Å². The van der Waals surface area contributed by atoms with Gasteiger partial charge >= 0.3 is 5.82 Å². The molecule has 0 N–H and O–H groups in total. The first-order chi connectivity index (χ1) is 5.65. The molecule has 0 radical (unpaired) electrons. The van der Waals surface area contributed by atoms with Gasteiger partial charge in [0.2, 0.25) is 0 Å². The van der Waals surface area contributed by atoms with Gasteiger partial charge in [0.05, 0.1) is 0 Å².